The third kappa shape index (κ3) is 4.49. The summed E-state index contributed by atoms with van der Waals surface area (Å²) < 4.78 is 0. The highest BCUT2D eigenvalue weighted by Gasteiger charge is 2.03. The first-order valence-electron chi connectivity index (χ1n) is 5.66. The van der Waals surface area contributed by atoms with Crippen LogP contribution in [-0.4, -0.2) is 43.6 Å². The molecule has 1 unspecified atom stereocenters. The summed E-state index contributed by atoms with van der Waals surface area (Å²) in [7, 11) is 6.09. The molecule has 90 valence electrons. The first kappa shape index (κ1) is 12.8. The summed E-state index contributed by atoms with van der Waals surface area (Å²) in [5.41, 5.74) is 2.10. The molecule has 2 N–H and O–H groups in total. The van der Waals surface area contributed by atoms with E-state index in [-0.39, 0.29) is 0 Å². The predicted octanol–water partition coefficient (Wildman–Crippen LogP) is 1.88. The Balaban J connectivity index is 2.45. The highest BCUT2D eigenvalue weighted by Crippen LogP contribution is 2.13. The average Bonchev–Trinajstić information content (AvgIpc) is 2.26. The van der Waals surface area contributed by atoms with Crippen molar-refractivity contribution in [2.24, 2.45) is 0 Å². The first-order valence-corrected chi connectivity index (χ1v) is 5.66. The monoisotopic (exact) mass is 222 g/mol. The molecule has 1 rings (SSSR count). The summed E-state index contributed by atoms with van der Waals surface area (Å²) >= 11 is 0. The minimum atomic E-state index is 0.455. The number of hydrogen-bond acceptors (Lipinski definition) is 4. The van der Waals surface area contributed by atoms with Crippen molar-refractivity contribution in [2.75, 3.05) is 38.3 Å². The molecule has 1 atom stereocenters. The minimum Gasteiger partial charge on any atom is -0.387 e. The van der Waals surface area contributed by atoms with Crippen molar-refractivity contribution in [3.05, 3.63) is 18.5 Å². The number of anilines is 2. The van der Waals surface area contributed by atoms with E-state index in [1.165, 1.54) is 0 Å². The molecule has 4 heteroatoms. The van der Waals surface area contributed by atoms with Crippen molar-refractivity contribution in [3.63, 3.8) is 0 Å². The molecule has 0 fully saturated rings. The second kappa shape index (κ2) is 6.33. The van der Waals surface area contributed by atoms with E-state index in [0.29, 0.717) is 6.04 Å². The van der Waals surface area contributed by atoms with E-state index in [9.17, 15) is 0 Å². The van der Waals surface area contributed by atoms with Crippen LogP contribution >= 0.6 is 0 Å². The molecule has 0 aliphatic rings. The van der Waals surface area contributed by atoms with Gasteiger partial charge in [0.05, 0.1) is 23.8 Å². The summed E-state index contributed by atoms with van der Waals surface area (Å²) in [6.07, 6.45) is 4.79. The lowest BCUT2D eigenvalue weighted by molar-refractivity contribution is 0.390. The van der Waals surface area contributed by atoms with Gasteiger partial charge in [0.25, 0.3) is 0 Å². The molecule has 0 amide bonds. The highest BCUT2D eigenvalue weighted by molar-refractivity contribution is 5.53. The topological polar surface area (TPSA) is 40.2 Å². The molecule has 1 aromatic rings. The zero-order valence-electron chi connectivity index (χ0n) is 10.6. The van der Waals surface area contributed by atoms with Crippen LogP contribution in [0.5, 0.6) is 0 Å². The summed E-state index contributed by atoms with van der Waals surface area (Å²) in [4.78, 5) is 6.36. The van der Waals surface area contributed by atoms with Gasteiger partial charge in [-0.3, -0.25) is 4.98 Å². The minimum absolute atomic E-state index is 0.455. The summed E-state index contributed by atoms with van der Waals surface area (Å²) in [6.45, 7) is 3.28. The second-order valence-electron chi connectivity index (χ2n) is 4.35. The molecule has 0 bridgehead atoms. The molecule has 0 saturated heterocycles. The van der Waals surface area contributed by atoms with Gasteiger partial charge in [-0.05, 0) is 40.1 Å². The molecule has 0 spiro atoms. The highest BCUT2D eigenvalue weighted by atomic mass is 15.1. The van der Waals surface area contributed by atoms with Crippen LogP contribution in [0.3, 0.4) is 0 Å². The third-order valence-electron chi connectivity index (χ3n) is 2.45. The summed E-state index contributed by atoms with van der Waals surface area (Å²) in [5, 5.41) is 6.52. The normalized spacial score (nSPS) is 12.6. The molecule has 0 saturated carbocycles. The number of rotatable bonds is 6. The summed E-state index contributed by atoms with van der Waals surface area (Å²) in [6, 6.07) is 2.52. The first-order chi connectivity index (χ1) is 7.61. The lowest BCUT2D eigenvalue weighted by Crippen LogP contribution is -2.23. The van der Waals surface area contributed by atoms with Gasteiger partial charge in [0.1, 0.15) is 0 Å². The van der Waals surface area contributed by atoms with Gasteiger partial charge in [-0.2, -0.15) is 0 Å². The van der Waals surface area contributed by atoms with Gasteiger partial charge >= 0.3 is 0 Å². The van der Waals surface area contributed by atoms with Gasteiger partial charge in [-0.25, -0.2) is 0 Å². The predicted molar refractivity (Wildman–Crippen MR) is 70.0 cm³/mol. The van der Waals surface area contributed by atoms with Crippen LogP contribution in [0.4, 0.5) is 11.4 Å². The Bertz CT molecular complexity index is 312. The molecule has 16 heavy (non-hydrogen) atoms. The number of pyridine rings is 1. The van der Waals surface area contributed by atoms with Gasteiger partial charge in [0.15, 0.2) is 0 Å². The lowest BCUT2D eigenvalue weighted by atomic mass is 10.2. The largest absolute Gasteiger partial charge is 0.387 e. The van der Waals surface area contributed by atoms with Crippen LogP contribution in [0.25, 0.3) is 0 Å². The molecule has 0 radical (unpaired) electrons. The van der Waals surface area contributed by atoms with E-state index in [1.807, 2.05) is 19.4 Å². The molecule has 4 nitrogen and oxygen atoms in total. The van der Waals surface area contributed by atoms with Crippen molar-refractivity contribution >= 4 is 11.4 Å². The maximum atomic E-state index is 4.17. The number of nitrogens with one attached hydrogen (secondary N) is 2. The molecular formula is C12H22N4. The van der Waals surface area contributed by atoms with E-state index >= 15 is 0 Å². The molecule has 0 aliphatic heterocycles. The lowest BCUT2D eigenvalue weighted by Gasteiger charge is -2.17. The van der Waals surface area contributed by atoms with E-state index in [1.54, 1.807) is 0 Å². The number of nitrogens with zero attached hydrogens (tertiary/aromatic N) is 2. The van der Waals surface area contributed by atoms with Gasteiger partial charge in [0.2, 0.25) is 0 Å². The van der Waals surface area contributed by atoms with Crippen LogP contribution in [0, 0.1) is 0 Å². The fourth-order valence-electron chi connectivity index (χ4n) is 1.46. The molecule has 0 aliphatic carbocycles. The quantitative estimate of drug-likeness (QED) is 0.771. The Hall–Kier alpha value is -1.29. The smallest absolute Gasteiger partial charge is 0.0549 e. The van der Waals surface area contributed by atoms with Crippen molar-refractivity contribution in [3.8, 4) is 0 Å². The van der Waals surface area contributed by atoms with Gasteiger partial charge in [-0.15, -0.1) is 0 Å². The Morgan fingerprint density at radius 3 is 2.62 bits per heavy atom. The Morgan fingerprint density at radius 1 is 1.31 bits per heavy atom. The SMILES string of the molecule is CNc1cncc(NC(C)CCN(C)C)c1. The zero-order valence-corrected chi connectivity index (χ0v) is 10.6. The van der Waals surface area contributed by atoms with Crippen LogP contribution in [-0.2, 0) is 0 Å². The van der Waals surface area contributed by atoms with E-state index in [2.05, 4.69) is 47.6 Å². The maximum absolute atomic E-state index is 4.17. The second-order valence-corrected chi connectivity index (χ2v) is 4.35. The van der Waals surface area contributed by atoms with Crippen LogP contribution < -0.4 is 10.6 Å². The molecular weight excluding hydrogens is 200 g/mol. The maximum Gasteiger partial charge on any atom is 0.0549 e. The van der Waals surface area contributed by atoms with E-state index in [0.717, 1.165) is 24.3 Å². The fourth-order valence-corrected chi connectivity index (χ4v) is 1.46. The number of aromatic nitrogens is 1. The van der Waals surface area contributed by atoms with Crippen LogP contribution in [0.15, 0.2) is 18.5 Å². The zero-order chi connectivity index (χ0) is 12.0. The van der Waals surface area contributed by atoms with Crippen LogP contribution in [0.2, 0.25) is 0 Å². The fraction of sp³-hybridized carbons (Fsp3) is 0.583. The Morgan fingerprint density at radius 2 is 2.00 bits per heavy atom. The van der Waals surface area contributed by atoms with Crippen LogP contribution in [0.1, 0.15) is 13.3 Å². The van der Waals surface area contributed by atoms with Gasteiger partial charge in [0, 0.05) is 13.1 Å². The van der Waals surface area contributed by atoms with Crippen molar-refractivity contribution in [1.29, 1.82) is 0 Å². The standard InChI is InChI=1S/C12H22N4/c1-10(5-6-16(3)4)15-12-7-11(13-2)8-14-9-12/h7-10,13,15H,5-6H2,1-4H3. The molecule has 1 heterocycles. The van der Waals surface area contributed by atoms with Crippen molar-refractivity contribution in [1.82, 2.24) is 9.88 Å². The Labute approximate surface area is 98.1 Å². The number of hydrogen-bond donors (Lipinski definition) is 2. The third-order valence-corrected chi connectivity index (χ3v) is 2.45. The van der Waals surface area contributed by atoms with Gasteiger partial charge < -0.3 is 15.5 Å². The molecule has 0 aromatic carbocycles. The summed E-state index contributed by atoms with van der Waals surface area (Å²) in [5.74, 6) is 0. The average molecular weight is 222 g/mol. The Kier molecular flexibility index (Phi) is 5.05. The van der Waals surface area contributed by atoms with E-state index in [4.69, 9.17) is 0 Å². The van der Waals surface area contributed by atoms with Crippen molar-refractivity contribution in [2.45, 2.75) is 19.4 Å². The molecule has 1 aromatic heterocycles. The van der Waals surface area contributed by atoms with E-state index < -0.39 is 0 Å². The van der Waals surface area contributed by atoms with Crippen molar-refractivity contribution < 1.29 is 0 Å². The van der Waals surface area contributed by atoms with Gasteiger partial charge in [-0.1, -0.05) is 0 Å².